The molecule has 3 N–H and O–H groups in total. The zero-order valence-corrected chi connectivity index (χ0v) is 8.53. The maximum Gasteiger partial charge on any atom is 0.0900 e. The highest BCUT2D eigenvalue weighted by atomic mass is 32.1. The summed E-state index contributed by atoms with van der Waals surface area (Å²) in [7, 11) is 0. The van der Waals surface area contributed by atoms with Crippen LogP contribution in [0.15, 0.2) is 0 Å². The summed E-state index contributed by atoms with van der Waals surface area (Å²) >= 11 is 1.72. The van der Waals surface area contributed by atoms with Crippen LogP contribution in [0.2, 0.25) is 0 Å². The van der Waals surface area contributed by atoms with E-state index in [1.807, 2.05) is 13.8 Å². The molecule has 1 atom stereocenters. The molecule has 0 aromatic carbocycles. The van der Waals surface area contributed by atoms with Crippen molar-refractivity contribution in [3.63, 3.8) is 0 Å². The van der Waals surface area contributed by atoms with E-state index in [0.29, 0.717) is 0 Å². The van der Waals surface area contributed by atoms with Crippen molar-refractivity contribution in [2.24, 2.45) is 5.84 Å². The van der Waals surface area contributed by atoms with Gasteiger partial charge in [0.05, 0.1) is 16.7 Å². The molecule has 0 saturated heterocycles. The molecule has 1 aromatic rings. The molecule has 0 radical (unpaired) electrons. The van der Waals surface area contributed by atoms with E-state index < -0.39 is 0 Å². The highest BCUT2D eigenvalue weighted by Crippen LogP contribution is 2.25. The summed E-state index contributed by atoms with van der Waals surface area (Å²) in [5.41, 5.74) is 3.89. The van der Waals surface area contributed by atoms with Gasteiger partial charge in [0, 0.05) is 4.88 Å². The van der Waals surface area contributed by atoms with E-state index in [-0.39, 0.29) is 6.04 Å². The van der Waals surface area contributed by atoms with Crippen LogP contribution < -0.4 is 11.3 Å². The molecule has 0 fully saturated rings. The molecule has 0 aliphatic heterocycles. The number of hydrazine groups is 1. The van der Waals surface area contributed by atoms with Crippen molar-refractivity contribution in [2.45, 2.75) is 33.2 Å². The molecule has 3 nitrogen and oxygen atoms in total. The average molecular weight is 185 g/mol. The van der Waals surface area contributed by atoms with Crippen molar-refractivity contribution in [1.29, 1.82) is 0 Å². The van der Waals surface area contributed by atoms with E-state index in [1.54, 1.807) is 11.3 Å². The zero-order valence-electron chi connectivity index (χ0n) is 7.72. The average Bonchev–Trinajstić information content (AvgIpc) is 2.34. The second-order valence-electron chi connectivity index (χ2n) is 2.81. The number of aromatic nitrogens is 1. The molecular formula is C8H15N3S. The summed E-state index contributed by atoms with van der Waals surface area (Å²) in [6.45, 7) is 6.16. The Bertz CT molecular complexity index is 253. The highest BCUT2D eigenvalue weighted by Gasteiger charge is 2.13. The number of nitrogens with two attached hydrogens (primary N) is 1. The molecule has 12 heavy (non-hydrogen) atoms. The molecule has 0 aliphatic carbocycles. The lowest BCUT2D eigenvalue weighted by atomic mass is 10.2. The fourth-order valence-corrected chi connectivity index (χ4v) is 2.32. The minimum atomic E-state index is 0.260. The molecule has 4 heteroatoms. The number of thiazole rings is 1. The summed E-state index contributed by atoms with van der Waals surface area (Å²) in [5.74, 6) is 5.42. The van der Waals surface area contributed by atoms with Gasteiger partial charge in [0.1, 0.15) is 0 Å². The van der Waals surface area contributed by atoms with Gasteiger partial charge in [0.2, 0.25) is 0 Å². The molecule has 0 saturated carbocycles. The maximum atomic E-state index is 5.42. The van der Waals surface area contributed by atoms with Crippen molar-refractivity contribution < 1.29 is 0 Å². The van der Waals surface area contributed by atoms with Crippen LogP contribution in [0.4, 0.5) is 0 Å². The van der Waals surface area contributed by atoms with Crippen LogP contribution >= 0.6 is 11.3 Å². The van der Waals surface area contributed by atoms with Crippen LogP contribution in [0.25, 0.3) is 0 Å². The smallest absolute Gasteiger partial charge is 0.0900 e. The van der Waals surface area contributed by atoms with Gasteiger partial charge in [-0.3, -0.25) is 11.3 Å². The molecular weight excluding hydrogens is 170 g/mol. The number of aryl methyl sites for hydroxylation is 2. The Balaban J connectivity index is 2.91. The minimum absolute atomic E-state index is 0.260. The molecule has 0 bridgehead atoms. The second kappa shape index (κ2) is 3.98. The number of hydrogen-bond acceptors (Lipinski definition) is 4. The van der Waals surface area contributed by atoms with E-state index in [4.69, 9.17) is 5.84 Å². The third-order valence-corrected chi connectivity index (χ3v) is 3.05. The molecule has 1 heterocycles. The van der Waals surface area contributed by atoms with Gasteiger partial charge in [-0.2, -0.15) is 0 Å². The number of nitrogens with zero attached hydrogens (tertiary/aromatic N) is 1. The summed E-state index contributed by atoms with van der Waals surface area (Å²) in [4.78, 5) is 5.61. The van der Waals surface area contributed by atoms with Crippen LogP contribution in [0.1, 0.15) is 35.0 Å². The zero-order chi connectivity index (χ0) is 9.14. The lowest BCUT2D eigenvalue weighted by molar-refractivity contribution is 0.544. The quantitative estimate of drug-likeness (QED) is 0.556. The lowest BCUT2D eigenvalue weighted by Gasteiger charge is -2.11. The number of hydrogen-bond donors (Lipinski definition) is 2. The third kappa shape index (κ3) is 1.83. The molecule has 1 rings (SSSR count). The Hall–Kier alpha value is -0.450. The summed E-state index contributed by atoms with van der Waals surface area (Å²) < 4.78 is 0. The maximum absolute atomic E-state index is 5.42. The van der Waals surface area contributed by atoms with Crippen molar-refractivity contribution in [3.05, 3.63) is 15.6 Å². The third-order valence-electron chi connectivity index (χ3n) is 1.87. The summed E-state index contributed by atoms with van der Waals surface area (Å²) in [6, 6.07) is 0.260. The molecule has 1 unspecified atom stereocenters. The topological polar surface area (TPSA) is 50.9 Å². The van der Waals surface area contributed by atoms with E-state index >= 15 is 0 Å². The predicted molar refractivity (Wildman–Crippen MR) is 51.9 cm³/mol. The van der Waals surface area contributed by atoms with Crippen molar-refractivity contribution in [1.82, 2.24) is 10.4 Å². The first kappa shape index (κ1) is 9.64. The molecule has 0 aliphatic rings. The molecule has 68 valence electrons. The van der Waals surface area contributed by atoms with Crippen LogP contribution in [0, 0.1) is 13.8 Å². The lowest BCUT2D eigenvalue weighted by Crippen LogP contribution is -2.27. The van der Waals surface area contributed by atoms with Crippen LogP contribution in [0.3, 0.4) is 0 Å². The Labute approximate surface area is 77.0 Å². The Morgan fingerprint density at radius 1 is 1.58 bits per heavy atom. The van der Waals surface area contributed by atoms with Gasteiger partial charge in [-0.1, -0.05) is 6.92 Å². The fourth-order valence-electron chi connectivity index (χ4n) is 1.25. The van der Waals surface area contributed by atoms with Crippen LogP contribution in [-0.2, 0) is 0 Å². The van der Waals surface area contributed by atoms with Gasteiger partial charge in [0.15, 0.2) is 0 Å². The van der Waals surface area contributed by atoms with Crippen molar-refractivity contribution in [3.8, 4) is 0 Å². The highest BCUT2D eigenvalue weighted by molar-refractivity contribution is 7.11. The monoisotopic (exact) mass is 185 g/mol. The van der Waals surface area contributed by atoms with Gasteiger partial charge in [-0.05, 0) is 20.3 Å². The van der Waals surface area contributed by atoms with E-state index in [2.05, 4.69) is 17.3 Å². The van der Waals surface area contributed by atoms with Crippen molar-refractivity contribution >= 4 is 11.3 Å². The molecule has 1 aromatic heterocycles. The van der Waals surface area contributed by atoms with Gasteiger partial charge in [0.25, 0.3) is 0 Å². The number of rotatable bonds is 3. The van der Waals surface area contributed by atoms with Crippen LogP contribution in [-0.4, -0.2) is 4.98 Å². The SMILES string of the molecule is CCC(NN)c1sc(C)nc1C. The normalized spacial score (nSPS) is 13.3. The van der Waals surface area contributed by atoms with Gasteiger partial charge in [-0.15, -0.1) is 11.3 Å². The van der Waals surface area contributed by atoms with Crippen molar-refractivity contribution in [2.75, 3.05) is 0 Å². The first-order valence-corrected chi connectivity index (χ1v) is 4.90. The van der Waals surface area contributed by atoms with Gasteiger partial charge in [-0.25, -0.2) is 4.98 Å². The summed E-state index contributed by atoms with van der Waals surface area (Å²) in [6.07, 6.45) is 0.999. The van der Waals surface area contributed by atoms with E-state index in [1.165, 1.54) is 4.88 Å². The van der Waals surface area contributed by atoms with Gasteiger partial charge >= 0.3 is 0 Å². The minimum Gasteiger partial charge on any atom is -0.271 e. The number of nitrogens with one attached hydrogen (secondary N) is 1. The molecule has 0 amide bonds. The first-order chi connectivity index (χ1) is 5.69. The Morgan fingerprint density at radius 3 is 2.58 bits per heavy atom. The predicted octanol–water partition coefficient (Wildman–Crippen LogP) is 1.67. The van der Waals surface area contributed by atoms with E-state index in [0.717, 1.165) is 17.1 Å². The van der Waals surface area contributed by atoms with Gasteiger partial charge < -0.3 is 0 Å². The Morgan fingerprint density at radius 2 is 2.25 bits per heavy atom. The molecule has 0 spiro atoms. The first-order valence-electron chi connectivity index (χ1n) is 4.09. The van der Waals surface area contributed by atoms with Crippen LogP contribution in [0.5, 0.6) is 0 Å². The fraction of sp³-hybridized carbons (Fsp3) is 0.625. The standard InChI is InChI=1S/C8H15N3S/c1-4-7(11-9)8-5(2)10-6(3)12-8/h7,11H,4,9H2,1-3H3. The second-order valence-corrected chi connectivity index (χ2v) is 4.04. The summed E-state index contributed by atoms with van der Waals surface area (Å²) in [5, 5.41) is 1.11. The Kier molecular flexibility index (Phi) is 3.20. The largest absolute Gasteiger partial charge is 0.271 e. The van der Waals surface area contributed by atoms with E-state index in [9.17, 15) is 0 Å².